The van der Waals surface area contributed by atoms with Crippen LogP contribution < -0.4 is 0 Å². The van der Waals surface area contributed by atoms with E-state index in [2.05, 4.69) is 0 Å². The van der Waals surface area contributed by atoms with E-state index >= 15 is 0 Å². The predicted molar refractivity (Wildman–Crippen MR) is 33.4 cm³/mol. The van der Waals surface area contributed by atoms with Gasteiger partial charge in [0.25, 0.3) is 0 Å². The molecule has 0 heterocycles. The van der Waals surface area contributed by atoms with E-state index in [1.807, 2.05) is 0 Å². The highest BCUT2D eigenvalue weighted by atomic mass is 19.3. The number of hydrogen-bond donors (Lipinski definition) is 2. The molecule has 0 radical (unpaired) electrons. The summed E-state index contributed by atoms with van der Waals surface area (Å²) in [5.74, 6) is -17.8. The molecule has 0 aliphatic rings. The summed E-state index contributed by atoms with van der Waals surface area (Å²) in [6.07, 6.45) is -1.72. The maximum absolute atomic E-state index is 12.4. The van der Waals surface area contributed by atoms with Gasteiger partial charge in [0, 0.05) is 6.42 Å². The van der Waals surface area contributed by atoms with Crippen LogP contribution in [0.1, 0.15) is 13.3 Å². The van der Waals surface area contributed by atoms with Gasteiger partial charge in [0.1, 0.15) is 0 Å². The van der Waals surface area contributed by atoms with Crippen LogP contribution >= 0.6 is 0 Å². The van der Waals surface area contributed by atoms with Crippen LogP contribution in [-0.2, 0) is 0 Å². The first kappa shape index (κ1) is 14.4. The average molecular weight is 244 g/mol. The summed E-state index contributed by atoms with van der Waals surface area (Å²) in [6, 6.07) is -5.73. The highest BCUT2D eigenvalue weighted by Gasteiger charge is 2.79. The van der Waals surface area contributed by atoms with Crippen LogP contribution in [0.5, 0.6) is 0 Å². The van der Waals surface area contributed by atoms with E-state index < -0.39 is 30.2 Å². The summed E-state index contributed by atoms with van der Waals surface area (Å²) >= 11 is 0. The third-order valence-electron chi connectivity index (χ3n) is 1.70. The molecular weight excluding hydrogens is 237 g/mol. The molecule has 0 saturated carbocycles. The third-order valence-corrected chi connectivity index (χ3v) is 1.70. The number of alkyl halides is 7. The summed E-state index contributed by atoms with van der Waals surface area (Å²) in [5.41, 5.74) is 0. The van der Waals surface area contributed by atoms with E-state index in [-0.39, 0.29) is 0 Å². The van der Waals surface area contributed by atoms with Crippen LogP contribution in [0, 0.1) is 0 Å². The average Bonchev–Trinajstić information content (AvgIpc) is 2.01. The first-order valence-electron chi connectivity index (χ1n) is 3.58. The minimum Gasteiger partial charge on any atom is -0.335 e. The van der Waals surface area contributed by atoms with Crippen molar-refractivity contribution in [2.24, 2.45) is 0 Å². The molecule has 0 rings (SSSR count). The monoisotopic (exact) mass is 244 g/mol. The third kappa shape index (κ3) is 2.03. The molecule has 0 aromatic heterocycles. The van der Waals surface area contributed by atoms with Gasteiger partial charge in [0.2, 0.25) is 0 Å². The molecule has 2 N–H and O–H groups in total. The van der Waals surface area contributed by atoms with Gasteiger partial charge >= 0.3 is 23.8 Å². The second-order valence-electron chi connectivity index (χ2n) is 2.79. The van der Waals surface area contributed by atoms with Gasteiger partial charge in [-0.3, -0.25) is 0 Å². The Kier molecular flexibility index (Phi) is 3.34. The molecule has 2 nitrogen and oxygen atoms in total. The topological polar surface area (TPSA) is 40.5 Å². The standard InChI is InChI=1S/C6H7F7O2/c1-2-3(7,8)4(9,10)5(11,12)6(13,14)15/h14-15H,2H2,1H3. The molecule has 0 bridgehead atoms. The Morgan fingerprint density at radius 2 is 1.13 bits per heavy atom. The van der Waals surface area contributed by atoms with Gasteiger partial charge in [-0.25, -0.2) is 0 Å². The van der Waals surface area contributed by atoms with Crippen molar-refractivity contribution in [1.82, 2.24) is 0 Å². The molecule has 0 atom stereocenters. The fourth-order valence-corrected chi connectivity index (χ4v) is 0.651. The van der Waals surface area contributed by atoms with Gasteiger partial charge < -0.3 is 10.2 Å². The molecule has 0 spiro atoms. The van der Waals surface area contributed by atoms with Gasteiger partial charge in [0.05, 0.1) is 0 Å². The summed E-state index contributed by atoms with van der Waals surface area (Å²) in [6.45, 7) is 0.457. The summed E-state index contributed by atoms with van der Waals surface area (Å²) in [4.78, 5) is 0. The predicted octanol–water partition coefficient (Wildman–Crippen LogP) is 1.91. The molecular formula is C6H7F7O2. The van der Waals surface area contributed by atoms with Gasteiger partial charge in [-0.1, -0.05) is 6.92 Å². The van der Waals surface area contributed by atoms with Crippen molar-refractivity contribution in [2.75, 3.05) is 0 Å². The van der Waals surface area contributed by atoms with Crippen LogP contribution in [0.4, 0.5) is 30.7 Å². The fourth-order valence-electron chi connectivity index (χ4n) is 0.651. The van der Waals surface area contributed by atoms with Crippen molar-refractivity contribution in [1.29, 1.82) is 0 Å². The van der Waals surface area contributed by atoms with Crippen LogP contribution in [0.2, 0.25) is 0 Å². The Labute approximate surface area is 79.3 Å². The quantitative estimate of drug-likeness (QED) is 0.585. The SMILES string of the molecule is CCC(F)(F)C(F)(F)C(F)(F)C(O)(O)F. The normalized spacial score (nSPS) is 15.6. The van der Waals surface area contributed by atoms with Crippen molar-refractivity contribution in [3.05, 3.63) is 0 Å². The van der Waals surface area contributed by atoms with Crippen molar-refractivity contribution < 1.29 is 40.9 Å². The van der Waals surface area contributed by atoms with Crippen molar-refractivity contribution in [3.63, 3.8) is 0 Å². The van der Waals surface area contributed by atoms with E-state index in [1.54, 1.807) is 0 Å². The Bertz CT molecular complexity index is 232. The number of hydrogen-bond acceptors (Lipinski definition) is 2. The highest BCUT2D eigenvalue weighted by Crippen LogP contribution is 2.51. The molecule has 0 aromatic carbocycles. The van der Waals surface area contributed by atoms with E-state index in [9.17, 15) is 30.7 Å². The maximum atomic E-state index is 12.4. The molecule has 0 unspecified atom stereocenters. The molecule has 0 aliphatic carbocycles. The summed E-state index contributed by atoms with van der Waals surface area (Å²) < 4.78 is 86.0. The summed E-state index contributed by atoms with van der Waals surface area (Å²) in [5, 5.41) is 15.3. The molecule has 0 fully saturated rings. The summed E-state index contributed by atoms with van der Waals surface area (Å²) in [7, 11) is 0. The van der Waals surface area contributed by atoms with Gasteiger partial charge in [-0.2, -0.15) is 30.7 Å². The Morgan fingerprint density at radius 1 is 0.800 bits per heavy atom. The zero-order valence-corrected chi connectivity index (χ0v) is 7.25. The Hall–Kier alpha value is -0.570. The minimum atomic E-state index is -6.32. The lowest BCUT2D eigenvalue weighted by Gasteiger charge is -2.34. The molecule has 15 heavy (non-hydrogen) atoms. The van der Waals surface area contributed by atoms with Crippen LogP contribution in [0.15, 0.2) is 0 Å². The largest absolute Gasteiger partial charge is 0.399 e. The lowest BCUT2D eigenvalue weighted by molar-refractivity contribution is -0.440. The molecule has 92 valence electrons. The molecule has 0 aliphatic heterocycles. The van der Waals surface area contributed by atoms with Gasteiger partial charge in [-0.05, 0) is 0 Å². The first-order valence-corrected chi connectivity index (χ1v) is 3.58. The van der Waals surface area contributed by atoms with Gasteiger partial charge in [0.15, 0.2) is 0 Å². The minimum absolute atomic E-state index is 0.457. The molecule has 9 heteroatoms. The van der Waals surface area contributed by atoms with Crippen molar-refractivity contribution in [2.45, 2.75) is 37.2 Å². The van der Waals surface area contributed by atoms with Crippen molar-refractivity contribution >= 4 is 0 Å². The second kappa shape index (κ2) is 3.48. The zero-order valence-electron chi connectivity index (χ0n) is 7.25. The van der Waals surface area contributed by atoms with E-state index in [1.165, 1.54) is 0 Å². The zero-order chi connectivity index (χ0) is 12.7. The fraction of sp³-hybridized carbons (Fsp3) is 1.00. The van der Waals surface area contributed by atoms with E-state index in [4.69, 9.17) is 10.2 Å². The Morgan fingerprint density at radius 3 is 1.33 bits per heavy atom. The van der Waals surface area contributed by atoms with Crippen LogP contribution in [-0.4, -0.2) is 34.0 Å². The van der Waals surface area contributed by atoms with Crippen LogP contribution in [0.3, 0.4) is 0 Å². The molecule has 0 saturated heterocycles. The van der Waals surface area contributed by atoms with Gasteiger partial charge in [-0.15, -0.1) is 0 Å². The van der Waals surface area contributed by atoms with Crippen molar-refractivity contribution in [3.8, 4) is 0 Å². The number of aliphatic hydroxyl groups is 2. The van der Waals surface area contributed by atoms with E-state index in [0.29, 0.717) is 6.92 Å². The lowest BCUT2D eigenvalue weighted by atomic mass is 10.0. The molecule has 0 aromatic rings. The Balaban J connectivity index is 5.38. The first-order chi connectivity index (χ1) is 6.31. The van der Waals surface area contributed by atoms with E-state index in [0.717, 1.165) is 0 Å². The number of rotatable bonds is 4. The number of halogens is 7. The smallest absolute Gasteiger partial charge is 0.335 e. The lowest BCUT2D eigenvalue weighted by Crippen LogP contribution is -2.63. The maximum Gasteiger partial charge on any atom is 0.399 e. The van der Waals surface area contributed by atoms with Crippen LogP contribution in [0.25, 0.3) is 0 Å². The molecule has 0 amide bonds. The second-order valence-corrected chi connectivity index (χ2v) is 2.79. The highest BCUT2D eigenvalue weighted by molar-refractivity contribution is 4.99.